The van der Waals surface area contributed by atoms with E-state index in [0.717, 1.165) is 9.80 Å². The van der Waals surface area contributed by atoms with E-state index in [9.17, 15) is 29.1 Å². The number of phenols is 1. The predicted molar refractivity (Wildman–Crippen MR) is 183 cm³/mol. The Kier molecular flexibility index (Phi) is 8.16. The van der Waals surface area contributed by atoms with Gasteiger partial charge in [-0.15, -0.1) is 23.2 Å². The largest absolute Gasteiger partial charge is 0.508 e. The van der Waals surface area contributed by atoms with E-state index in [1.165, 1.54) is 26.4 Å². The number of fused-ring (bicyclic) bond motifs is 4. The SMILES string of the molecule is COc1cc(O)cc(OC)c1C1C2=CCC3C(=O)N(c4ccc(C(=O)c5ccccc5)cc4)C(=O)C3C2CC2(Cl)C(=O)N(CBr)C(=O)C12Cl. The molecular formula is C36H29BrCl2N2O8. The summed E-state index contributed by atoms with van der Waals surface area (Å²) in [4.78, 5) is 67.4. The van der Waals surface area contributed by atoms with Gasteiger partial charge in [0.15, 0.2) is 15.5 Å². The van der Waals surface area contributed by atoms with Crippen molar-refractivity contribution in [3.63, 3.8) is 0 Å². The highest BCUT2D eigenvalue weighted by molar-refractivity contribution is 9.09. The molecule has 3 fully saturated rings. The number of imide groups is 2. The zero-order chi connectivity index (χ0) is 35.0. The molecule has 13 heteroatoms. The number of allylic oxidation sites excluding steroid dienone is 2. The maximum absolute atomic E-state index is 14.4. The minimum absolute atomic E-state index is 0.127. The first-order valence-corrected chi connectivity index (χ1v) is 17.3. The van der Waals surface area contributed by atoms with Crippen LogP contribution in [0.25, 0.3) is 0 Å². The van der Waals surface area contributed by atoms with E-state index < -0.39 is 57.0 Å². The second-order valence-corrected chi connectivity index (χ2v) is 14.2. The fraction of sp³-hybridized carbons (Fsp3) is 0.306. The average Bonchev–Trinajstić information content (AvgIpc) is 3.45. The van der Waals surface area contributed by atoms with Crippen LogP contribution < -0.4 is 14.4 Å². The standard InChI is InChI=1S/C36H29BrCl2N2O8/c1-48-25-14-21(42)15-26(49-2)28(25)29-22-12-13-23-27(24(22)16-35(38)33(46)40(17-37)34(47)36(29,35)39)32(45)41(31(23)44)20-10-8-19(9-11-20)30(43)18-6-4-3-5-7-18/h3-12,14-15,23-24,27,29,42H,13,16-17H2,1-2H3. The second kappa shape index (κ2) is 12.0. The number of hydrogen-bond donors (Lipinski definition) is 1. The summed E-state index contributed by atoms with van der Waals surface area (Å²) >= 11 is 17.9. The van der Waals surface area contributed by atoms with Crippen LogP contribution in [0.3, 0.4) is 0 Å². The third-order valence-electron chi connectivity index (χ3n) is 10.3. The van der Waals surface area contributed by atoms with E-state index in [0.29, 0.717) is 22.4 Å². The summed E-state index contributed by atoms with van der Waals surface area (Å²) in [5.74, 6) is -6.18. The Morgan fingerprint density at radius 2 is 1.51 bits per heavy atom. The number of likely N-dealkylation sites (tertiary alicyclic amines) is 1. The molecule has 10 nitrogen and oxygen atoms in total. The van der Waals surface area contributed by atoms with Gasteiger partial charge in [0.25, 0.3) is 11.8 Å². The number of methoxy groups -OCH3 is 2. The zero-order valence-corrected chi connectivity index (χ0v) is 29.3. The third-order valence-corrected chi connectivity index (χ3v) is 12.2. The minimum atomic E-state index is -2.08. The summed E-state index contributed by atoms with van der Waals surface area (Å²) in [7, 11) is 2.75. The van der Waals surface area contributed by atoms with Crippen molar-refractivity contribution in [3.05, 3.63) is 95.1 Å². The van der Waals surface area contributed by atoms with Crippen molar-refractivity contribution in [2.24, 2.45) is 17.8 Å². The van der Waals surface area contributed by atoms with Gasteiger partial charge in [0.1, 0.15) is 17.2 Å². The van der Waals surface area contributed by atoms with Crippen LogP contribution >= 0.6 is 39.1 Å². The number of amides is 4. The molecule has 0 radical (unpaired) electrons. The molecule has 1 saturated carbocycles. The average molecular weight is 768 g/mol. The molecule has 4 aliphatic rings. The highest BCUT2D eigenvalue weighted by atomic mass is 79.9. The Bertz CT molecular complexity index is 1950. The van der Waals surface area contributed by atoms with E-state index >= 15 is 0 Å². The van der Waals surface area contributed by atoms with Crippen LogP contribution in [0.4, 0.5) is 5.69 Å². The molecule has 6 unspecified atom stereocenters. The molecule has 0 aromatic heterocycles. The molecule has 2 aliphatic carbocycles. The van der Waals surface area contributed by atoms with Crippen molar-refractivity contribution in [2.75, 3.05) is 24.6 Å². The first-order chi connectivity index (χ1) is 23.4. The number of ether oxygens (including phenoxy) is 2. The topological polar surface area (TPSA) is 131 Å². The number of anilines is 1. The van der Waals surface area contributed by atoms with Crippen molar-refractivity contribution in [2.45, 2.75) is 28.5 Å². The number of carbonyl (C=O) groups is 5. The summed E-state index contributed by atoms with van der Waals surface area (Å²) in [6, 6.07) is 17.7. The molecule has 7 rings (SSSR count). The Morgan fingerprint density at radius 3 is 2.10 bits per heavy atom. The van der Waals surface area contributed by atoms with Crippen molar-refractivity contribution in [1.82, 2.24) is 4.90 Å². The number of nitrogens with zero attached hydrogens (tertiary/aromatic N) is 2. The number of alkyl halides is 3. The monoisotopic (exact) mass is 766 g/mol. The number of carbonyl (C=O) groups excluding carboxylic acids is 5. The van der Waals surface area contributed by atoms with E-state index in [-0.39, 0.29) is 46.9 Å². The first-order valence-electron chi connectivity index (χ1n) is 15.5. The summed E-state index contributed by atoms with van der Waals surface area (Å²) < 4.78 is 11.3. The van der Waals surface area contributed by atoms with Crippen LogP contribution in [0.15, 0.2) is 78.4 Å². The van der Waals surface area contributed by atoms with Crippen LogP contribution in [0.5, 0.6) is 17.2 Å². The number of benzene rings is 3. The predicted octanol–water partition coefficient (Wildman–Crippen LogP) is 5.56. The van der Waals surface area contributed by atoms with Gasteiger partial charge in [-0.05, 0) is 43.0 Å². The highest BCUT2D eigenvalue weighted by Crippen LogP contribution is 2.67. The molecule has 0 bridgehead atoms. The van der Waals surface area contributed by atoms with Crippen LogP contribution in [-0.2, 0) is 19.2 Å². The zero-order valence-electron chi connectivity index (χ0n) is 26.2. The number of halogens is 3. The Balaban J connectivity index is 1.33. The van der Waals surface area contributed by atoms with E-state index in [4.69, 9.17) is 32.7 Å². The van der Waals surface area contributed by atoms with Gasteiger partial charge < -0.3 is 14.6 Å². The van der Waals surface area contributed by atoms with Crippen LogP contribution in [0.1, 0.15) is 40.2 Å². The van der Waals surface area contributed by atoms with Crippen LogP contribution in [0, 0.1) is 17.8 Å². The van der Waals surface area contributed by atoms with Gasteiger partial charge in [0.05, 0.1) is 37.2 Å². The Labute approximate surface area is 299 Å². The van der Waals surface area contributed by atoms with Gasteiger partial charge in [-0.1, -0.05) is 57.9 Å². The van der Waals surface area contributed by atoms with Crippen molar-refractivity contribution in [1.29, 1.82) is 0 Å². The van der Waals surface area contributed by atoms with Gasteiger partial charge in [-0.2, -0.15) is 0 Å². The van der Waals surface area contributed by atoms with Gasteiger partial charge in [-0.3, -0.25) is 33.8 Å². The maximum Gasteiger partial charge on any atom is 0.254 e. The lowest BCUT2D eigenvalue weighted by molar-refractivity contribution is -0.138. The minimum Gasteiger partial charge on any atom is -0.508 e. The van der Waals surface area contributed by atoms with Gasteiger partial charge >= 0.3 is 0 Å². The maximum atomic E-state index is 14.4. The van der Waals surface area contributed by atoms with Crippen LogP contribution in [-0.4, -0.2) is 68.8 Å². The number of hydrogen-bond acceptors (Lipinski definition) is 8. The van der Waals surface area contributed by atoms with Gasteiger partial charge in [-0.25, -0.2) is 0 Å². The molecule has 2 aliphatic heterocycles. The summed E-state index contributed by atoms with van der Waals surface area (Å²) in [5.41, 5.74) is 1.83. The fourth-order valence-electron chi connectivity index (χ4n) is 8.05. The molecule has 1 N–H and O–H groups in total. The number of aromatic hydroxyl groups is 1. The molecule has 6 atom stereocenters. The number of phenolic OH excluding ortho intramolecular Hbond substituents is 1. The molecule has 252 valence electrons. The molecule has 3 aromatic carbocycles. The Hall–Kier alpha value is -4.19. The second-order valence-electron chi connectivity index (χ2n) is 12.5. The van der Waals surface area contributed by atoms with Crippen molar-refractivity contribution < 1.29 is 38.6 Å². The fourth-order valence-corrected chi connectivity index (χ4v) is 9.46. The first kappa shape index (κ1) is 33.3. The van der Waals surface area contributed by atoms with Gasteiger partial charge in [0.2, 0.25) is 11.8 Å². The summed E-state index contributed by atoms with van der Waals surface area (Å²) in [5, 5.41) is 10.4. The summed E-state index contributed by atoms with van der Waals surface area (Å²) in [6.45, 7) is 0. The lowest BCUT2D eigenvalue weighted by Crippen LogP contribution is -2.60. The Morgan fingerprint density at radius 1 is 0.898 bits per heavy atom. The molecular weight excluding hydrogens is 739 g/mol. The lowest BCUT2D eigenvalue weighted by atomic mass is 9.56. The third kappa shape index (κ3) is 4.62. The van der Waals surface area contributed by atoms with Crippen molar-refractivity contribution in [3.8, 4) is 17.2 Å². The molecule has 0 spiro atoms. The molecule has 3 aromatic rings. The normalized spacial score (nSPS) is 29.0. The molecule has 2 saturated heterocycles. The van der Waals surface area contributed by atoms with E-state index in [2.05, 4.69) is 15.9 Å². The molecule has 4 amide bonds. The van der Waals surface area contributed by atoms with Gasteiger partial charge in [0, 0.05) is 34.7 Å². The van der Waals surface area contributed by atoms with Crippen LogP contribution in [0.2, 0.25) is 0 Å². The number of ketones is 1. The number of rotatable bonds is 7. The molecule has 49 heavy (non-hydrogen) atoms. The smallest absolute Gasteiger partial charge is 0.254 e. The van der Waals surface area contributed by atoms with E-state index in [1.54, 1.807) is 54.6 Å². The lowest BCUT2D eigenvalue weighted by Gasteiger charge is -2.51. The van der Waals surface area contributed by atoms with Crippen molar-refractivity contribution >= 4 is 74.2 Å². The van der Waals surface area contributed by atoms with E-state index in [1.807, 2.05) is 6.07 Å². The quantitative estimate of drug-likeness (QED) is 0.109. The highest BCUT2D eigenvalue weighted by Gasteiger charge is 2.76. The summed E-state index contributed by atoms with van der Waals surface area (Å²) in [6.07, 6.45) is 1.75. The molecule has 2 heterocycles.